The molecule has 0 spiro atoms. The van der Waals surface area contributed by atoms with Gasteiger partial charge in [-0.25, -0.2) is 0 Å². The van der Waals surface area contributed by atoms with Gasteiger partial charge in [0, 0.05) is 43.9 Å². The van der Waals surface area contributed by atoms with E-state index in [0.29, 0.717) is 53.3 Å². The van der Waals surface area contributed by atoms with Crippen LogP contribution in [0, 0.1) is 6.92 Å². The topological polar surface area (TPSA) is 79.9 Å². The van der Waals surface area contributed by atoms with Gasteiger partial charge in [-0.2, -0.15) is 0 Å². The fraction of sp³-hybridized carbons (Fsp3) is 0.517. The predicted molar refractivity (Wildman–Crippen MR) is 150 cm³/mol. The van der Waals surface area contributed by atoms with Crippen molar-refractivity contribution < 1.29 is 33.2 Å². The van der Waals surface area contributed by atoms with Crippen molar-refractivity contribution in [2.45, 2.75) is 33.9 Å². The largest absolute Gasteiger partial charge is 0.493 e. The monoisotopic (exact) mass is 532 g/mol. The Morgan fingerprint density at radius 3 is 1.74 bits per heavy atom. The fourth-order valence-corrected chi connectivity index (χ4v) is 4.32. The Morgan fingerprint density at radius 2 is 1.26 bits per heavy atom. The molecule has 212 valence electrons. The lowest BCUT2D eigenvalue weighted by Gasteiger charge is -2.26. The van der Waals surface area contributed by atoms with Gasteiger partial charge in [0.1, 0.15) is 0 Å². The molecule has 2 aromatic rings. The second-order valence-electron chi connectivity index (χ2n) is 8.96. The van der Waals surface area contributed by atoms with Gasteiger partial charge in [0.25, 0.3) is 0 Å². The average Bonchev–Trinajstić information content (AvgIpc) is 2.92. The van der Waals surface area contributed by atoms with E-state index in [2.05, 4.69) is 30.1 Å². The lowest BCUT2D eigenvalue weighted by atomic mass is 10.0. The third-order valence-corrected chi connectivity index (χ3v) is 6.30. The zero-order valence-electron chi connectivity index (χ0n) is 24.6. The van der Waals surface area contributed by atoms with Crippen LogP contribution in [-0.4, -0.2) is 74.3 Å². The number of methoxy groups -OCH3 is 7. The summed E-state index contributed by atoms with van der Waals surface area (Å²) in [5, 5.41) is 3.54. The summed E-state index contributed by atoms with van der Waals surface area (Å²) in [4.78, 5) is 2.35. The highest BCUT2D eigenvalue weighted by molar-refractivity contribution is 5.66. The Balaban J connectivity index is 2.26. The van der Waals surface area contributed by atoms with Crippen LogP contribution in [0.1, 0.15) is 30.5 Å². The first-order chi connectivity index (χ1) is 18.3. The second-order valence-corrected chi connectivity index (χ2v) is 8.96. The first kappa shape index (κ1) is 30.9. The van der Waals surface area contributed by atoms with Crippen molar-refractivity contribution in [2.75, 3.05) is 69.4 Å². The molecule has 0 aliphatic carbocycles. The number of hydrogen-bond acceptors (Lipinski definition) is 9. The van der Waals surface area contributed by atoms with E-state index in [0.717, 1.165) is 36.3 Å². The van der Waals surface area contributed by atoms with Crippen molar-refractivity contribution >= 4 is 0 Å². The van der Waals surface area contributed by atoms with Crippen LogP contribution in [-0.2, 0) is 13.1 Å². The molecule has 0 radical (unpaired) electrons. The summed E-state index contributed by atoms with van der Waals surface area (Å²) in [6.45, 7) is 9.86. The molecule has 9 nitrogen and oxygen atoms in total. The van der Waals surface area contributed by atoms with Gasteiger partial charge in [0.05, 0.1) is 49.8 Å². The van der Waals surface area contributed by atoms with E-state index in [4.69, 9.17) is 33.2 Å². The summed E-state index contributed by atoms with van der Waals surface area (Å²) in [5.74, 6) is 4.20. The minimum atomic E-state index is 0.523. The molecule has 0 bridgehead atoms. The molecule has 0 saturated heterocycles. The van der Waals surface area contributed by atoms with Crippen LogP contribution >= 0.6 is 0 Å². The lowest BCUT2D eigenvalue weighted by Crippen LogP contribution is -2.32. The molecule has 1 N–H and O–H groups in total. The van der Waals surface area contributed by atoms with Crippen LogP contribution < -0.4 is 38.5 Å². The molecule has 9 heteroatoms. The molecule has 0 saturated carbocycles. The summed E-state index contributed by atoms with van der Waals surface area (Å²) in [6, 6.07) is 3.92. The molecule has 38 heavy (non-hydrogen) atoms. The van der Waals surface area contributed by atoms with Gasteiger partial charge in [0.15, 0.2) is 23.0 Å². The van der Waals surface area contributed by atoms with E-state index >= 15 is 0 Å². The summed E-state index contributed by atoms with van der Waals surface area (Å²) in [7, 11) is 11.3. The Morgan fingerprint density at radius 1 is 0.737 bits per heavy atom. The smallest absolute Gasteiger partial charge is 0.207 e. The highest BCUT2D eigenvalue weighted by Crippen LogP contribution is 2.49. The number of ether oxygens (including phenoxy) is 7. The highest BCUT2D eigenvalue weighted by atomic mass is 16.5. The van der Waals surface area contributed by atoms with Crippen LogP contribution in [0.2, 0.25) is 0 Å². The third kappa shape index (κ3) is 7.39. The van der Waals surface area contributed by atoms with Crippen LogP contribution in [0.3, 0.4) is 0 Å². The predicted octanol–water partition coefficient (Wildman–Crippen LogP) is 4.61. The molecule has 0 unspecified atom stereocenters. The maximum Gasteiger partial charge on any atom is 0.207 e. The van der Waals surface area contributed by atoms with Crippen molar-refractivity contribution in [3.8, 4) is 40.2 Å². The summed E-state index contributed by atoms with van der Waals surface area (Å²) in [5.41, 5.74) is 4.25. The van der Waals surface area contributed by atoms with Crippen molar-refractivity contribution in [3.63, 3.8) is 0 Å². The minimum absolute atomic E-state index is 0.523. The quantitative estimate of drug-likeness (QED) is 0.246. The van der Waals surface area contributed by atoms with Crippen LogP contribution in [0.5, 0.6) is 40.2 Å². The number of nitrogens with one attached hydrogen (secondary N) is 1. The zero-order chi connectivity index (χ0) is 28.2. The Hall–Kier alpha value is -3.30. The van der Waals surface area contributed by atoms with Gasteiger partial charge in [-0.3, -0.25) is 4.90 Å². The molecule has 0 aromatic heterocycles. The first-order valence-corrected chi connectivity index (χ1v) is 12.5. The average molecular weight is 533 g/mol. The summed E-state index contributed by atoms with van der Waals surface area (Å²) in [6.07, 6.45) is 2.22. The Labute approximate surface area is 227 Å². The maximum absolute atomic E-state index is 5.81. The van der Waals surface area contributed by atoms with Gasteiger partial charge >= 0.3 is 0 Å². The van der Waals surface area contributed by atoms with Crippen LogP contribution in [0.15, 0.2) is 23.8 Å². The number of hydrogen-bond donors (Lipinski definition) is 1. The standard InChI is InChI=1S/C29H44N2O7/c1-19(2)11-13-31(14-12-30-17-21-15-23(32-4)27(36-8)24(16-21)33-5)18-22-20(3)25(34-6)28(37-9)29(38-10)26(22)35-7/h11,15-16,30H,12-14,17-18H2,1-10H3. The van der Waals surface area contributed by atoms with Crippen molar-refractivity contribution in [3.05, 3.63) is 40.5 Å². The van der Waals surface area contributed by atoms with Gasteiger partial charge in [-0.05, 0) is 38.5 Å². The van der Waals surface area contributed by atoms with E-state index in [1.165, 1.54) is 5.57 Å². The number of nitrogens with zero attached hydrogens (tertiary/aromatic N) is 1. The lowest BCUT2D eigenvalue weighted by molar-refractivity contribution is 0.273. The molecule has 2 rings (SSSR count). The number of benzene rings is 2. The molecule has 2 aromatic carbocycles. The van der Waals surface area contributed by atoms with Gasteiger partial charge in [-0.15, -0.1) is 0 Å². The van der Waals surface area contributed by atoms with Gasteiger partial charge in [-0.1, -0.05) is 11.6 Å². The molecular formula is C29H44N2O7. The highest BCUT2D eigenvalue weighted by Gasteiger charge is 2.26. The molecule has 0 fully saturated rings. The molecule has 0 aliphatic heterocycles. The van der Waals surface area contributed by atoms with Crippen LogP contribution in [0.25, 0.3) is 0 Å². The Bertz CT molecular complexity index is 1060. The second kappa shape index (κ2) is 15.2. The molecule has 0 aliphatic rings. The minimum Gasteiger partial charge on any atom is -0.493 e. The maximum atomic E-state index is 5.81. The number of rotatable bonds is 16. The van der Waals surface area contributed by atoms with E-state index in [1.54, 1.807) is 49.8 Å². The third-order valence-electron chi connectivity index (χ3n) is 6.30. The Kier molecular flexibility index (Phi) is 12.4. The van der Waals surface area contributed by atoms with Crippen molar-refractivity contribution in [1.82, 2.24) is 10.2 Å². The normalized spacial score (nSPS) is 10.7. The summed E-state index contributed by atoms with van der Waals surface area (Å²) < 4.78 is 39.2. The van der Waals surface area contributed by atoms with E-state index in [9.17, 15) is 0 Å². The molecule has 0 amide bonds. The zero-order valence-corrected chi connectivity index (χ0v) is 24.6. The van der Waals surface area contributed by atoms with Crippen molar-refractivity contribution in [1.29, 1.82) is 0 Å². The van der Waals surface area contributed by atoms with E-state index < -0.39 is 0 Å². The summed E-state index contributed by atoms with van der Waals surface area (Å²) >= 11 is 0. The SMILES string of the molecule is COc1cc(CNCCN(CC=C(C)C)Cc2c(C)c(OC)c(OC)c(OC)c2OC)cc(OC)c1OC. The molecule has 0 atom stereocenters. The van der Waals surface area contributed by atoms with Crippen molar-refractivity contribution in [2.24, 2.45) is 0 Å². The van der Waals surface area contributed by atoms with Gasteiger partial charge in [0.2, 0.25) is 17.2 Å². The molecule has 0 heterocycles. The van der Waals surface area contributed by atoms with E-state index in [1.807, 2.05) is 19.1 Å². The first-order valence-electron chi connectivity index (χ1n) is 12.5. The fourth-order valence-electron chi connectivity index (χ4n) is 4.32. The van der Waals surface area contributed by atoms with Crippen LogP contribution in [0.4, 0.5) is 0 Å². The number of allylic oxidation sites excluding steroid dienone is 1. The van der Waals surface area contributed by atoms with Gasteiger partial charge < -0.3 is 38.5 Å². The molecular weight excluding hydrogens is 488 g/mol. The van der Waals surface area contributed by atoms with E-state index in [-0.39, 0.29) is 0 Å².